The summed E-state index contributed by atoms with van der Waals surface area (Å²) in [6, 6.07) is 15.7. The Balaban J connectivity index is 2.39. The molecular weight excluding hydrogens is 298 g/mol. The maximum Gasteiger partial charge on any atom is 0.335 e. The summed E-state index contributed by atoms with van der Waals surface area (Å²) in [7, 11) is 0. The Morgan fingerprint density at radius 1 is 1.14 bits per heavy atom. The summed E-state index contributed by atoms with van der Waals surface area (Å²) in [5.41, 5.74) is 3.15. The van der Waals surface area contributed by atoms with E-state index in [0.29, 0.717) is 5.88 Å². The van der Waals surface area contributed by atoms with Crippen LogP contribution in [-0.4, -0.2) is 17.1 Å². The zero-order valence-electron chi connectivity index (χ0n) is 12.8. The van der Waals surface area contributed by atoms with Gasteiger partial charge in [0.15, 0.2) is 0 Å². The van der Waals surface area contributed by atoms with Crippen LogP contribution in [-0.2, 0) is 12.4 Å². The molecule has 22 heavy (non-hydrogen) atoms. The van der Waals surface area contributed by atoms with Crippen molar-refractivity contribution in [3.8, 4) is 0 Å². The van der Waals surface area contributed by atoms with E-state index in [2.05, 4.69) is 30.9 Å². The van der Waals surface area contributed by atoms with Crippen molar-refractivity contribution in [2.24, 2.45) is 0 Å². The number of anilines is 1. The summed E-state index contributed by atoms with van der Waals surface area (Å²) in [4.78, 5) is 13.5. The highest BCUT2D eigenvalue weighted by Gasteiger charge is 2.15. The molecule has 0 aliphatic carbocycles. The van der Waals surface area contributed by atoms with Crippen LogP contribution in [0.25, 0.3) is 0 Å². The molecule has 2 rings (SSSR count). The topological polar surface area (TPSA) is 40.5 Å². The van der Waals surface area contributed by atoms with Crippen LogP contribution >= 0.6 is 11.6 Å². The fourth-order valence-electron chi connectivity index (χ4n) is 2.39. The number of carbonyl (C=O) groups is 1. The van der Waals surface area contributed by atoms with E-state index < -0.39 is 5.97 Å². The van der Waals surface area contributed by atoms with Crippen LogP contribution in [0.4, 0.5) is 5.69 Å². The van der Waals surface area contributed by atoms with Crippen molar-refractivity contribution in [1.82, 2.24) is 0 Å². The number of alkyl halides is 1. The number of hydrogen-bond donors (Lipinski definition) is 1. The van der Waals surface area contributed by atoms with E-state index in [9.17, 15) is 9.90 Å². The molecule has 0 unspecified atom stereocenters. The molecule has 0 aliphatic rings. The molecule has 0 fully saturated rings. The second-order valence-electron chi connectivity index (χ2n) is 5.53. The SMILES string of the molecule is CC(C)N(Cc1ccccc1)c1cc(CCl)cc(C(=O)O)c1. The van der Waals surface area contributed by atoms with Crippen molar-refractivity contribution in [2.45, 2.75) is 32.3 Å². The van der Waals surface area contributed by atoms with E-state index in [1.54, 1.807) is 12.1 Å². The van der Waals surface area contributed by atoms with Gasteiger partial charge in [0.2, 0.25) is 0 Å². The van der Waals surface area contributed by atoms with Gasteiger partial charge in [-0.05, 0) is 43.2 Å². The molecule has 3 nitrogen and oxygen atoms in total. The largest absolute Gasteiger partial charge is 0.478 e. The van der Waals surface area contributed by atoms with Gasteiger partial charge in [-0.15, -0.1) is 11.6 Å². The molecule has 0 radical (unpaired) electrons. The van der Waals surface area contributed by atoms with E-state index >= 15 is 0 Å². The zero-order chi connectivity index (χ0) is 16.1. The molecule has 0 bridgehead atoms. The van der Waals surface area contributed by atoms with Crippen LogP contribution in [0.1, 0.15) is 35.3 Å². The third-order valence-electron chi connectivity index (χ3n) is 3.53. The van der Waals surface area contributed by atoms with Gasteiger partial charge in [0.25, 0.3) is 0 Å². The molecular formula is C18H20ClNO2. The molecule has 0 saturated heterocycles. The molecule has 4 heteroatoms. The van der Waals surface area contributed by atoms with Crippen molar-refractivity contribution >= 4 is 23.3 Å². The minimum atomic E-state index is -0.934. The number of benzene rings is 2. The molecule has 2 aromatic rings. The van der Waals surface area contributed by atoms with E-state index in [0.717, 1.165) is 17.8 Å². The lowest BCUT2D eigenvalue weighted by atomic mass is 10.1. The molecule has 116 valence electrons. The van der Waals surface area contributed by atoms with Gasteiger partial charge in [-0.2, -0.15) is 0 Å². The maximum atomic E-state index is 11.3. The average Bonchev–Trinajstić information content (AvgIpc) is 2.52. The van der Waals surface area contributed by atoms with Crippen molar-refractivity contribution < 1.29 is 9.90 Å². The van der Waals surface area contributed by atoms with Gasteiger partial charge in [-0.25, -0.2) is 4.79 Å². The van der Waals surface area contributed by atoms with Gasteiger partial charge >= 0.3 is 5.97 Å². The van der Waals surface area contributed by atoms with Crippen LogP contribution in [0.2, 0.25) is 0 Å². The highest BCUT2D eigenvalue weighted by atomic mass is 35.5. The Bertz CT molecular complexity index is 641. The monoisotopic (exact) mass is 317 g/mol. The molecule has 0 aromatic heterocycles. The number of hydrogen-bond acceptors (Lipinski definition) is 2. The second-order valence-corrected chi connectivity index (χ2v) is 5.80. The second kappa shape index (κ2) is 7.32. The van der Waals surface area contributed by atoms with E-state index in [-0.39, 0.29) is 11.6 Å². The first-order valence-corrected chi connectivity index (χ1v) is 7.78. The number of nitrogens with zero attached hydrogens (tertiary/aromatic N) is 1. The summed E-state index contributed by atoms with van der Waals surface area (Å²) >= 11 is 5.91. The van der Waals surface area contributed by atoms with E-state index in [4.69, 9.17) is 11.6 Å². The Kier molecular flexibility index (Phi) is 5.45. The standard InChI is InChI=1S/C18H20ClNO2/c1-13(2)20(12-14-6-4-3-5-7-14)17-9-15(11-19)8-16(10-17)18(21)22/h3-10,13H,11-12H2,1-2H3,(H,21,22). The molecule has 0 saturated carbocycles. The fourth-order valence-corrected chi connectivity index (χ4v) is 2.55. The number of carboxylic acids is 1. The highest BCUT2D eigenvalue weighted by molar-refractivity contribution is 6.17. The summed E-state index contributed by atoms with van der Waals surface area (Å²) in [6.07, 6.45) is 0. The molecule has 0 aliphatic heterocycles. The Labute approximate surface area is 136 Å². The van der Waals surface area contributed by atoms with E-state index in [1.165, 1.54) is 5.56 Å². The quantitative estimate of drug-likeness (QED) is 0.795. The van der Waals surface area contributed by atoms with Crippen LogP contribution in [0.3, 0.4) is 0 Å². The first kappa shape index (κ1) is 16.4. The number of aromatic carboxylic acids is 1. The molecule has 0 atom stereocenters. The minimum absolute atomic E-state index is 0.243. The normalized spacial score (nSPS) is 10.7. The van der Waals surface area contributed by atoms with Gasteiger partial charge in [0.1, 0.15) is 0 Å². The predicted octanol–water partition coefficient (Wildman–Crippen LogP) is 4.54. The number of halogens is 1. The molecule has 0 amide bonds. The lowest BCUT2D eigenvalue weighted by Gasteiger charge is -2.30. The lowest BCUT2D eigenvalue weighted by Crippen LogP contribution is -2.30. The molecule has 0 heterocycles. The van der Waals surface area contributed by atoms with E-state index in [1.807, 2.05) is 24.3 Å². The summed E-state index contributed by atoms with van der Waals surface area (Å²) in [6.45, 7) is 4.91. The summed E-state index contributed by atoms with van der Waals surface area (Å²) in [5.74, 6) is -0.637. The number of carboxylic acid groups (broad SMARTS) is 1. The van der Waals surface area contributed by atoms with Crippen LogP contribution in [0.5, 0.6) is 0 Å². The Morgan fingerprint density at radius 2 is 1.82 bits per heavy atom. The van der Waals surface area contributed by atoms with Crippen LogP contribution in [0.15, 0.2) is 48.5 Å². The smallest absolute Gasteiger partial charge is 0.335 e. The summed E-state index contributed by atoms with van der Waals surface area (Å²) < 4.78 is 0. The maximum absolute atomic E-state index is 11.3. The molecule has 1 N–H and O–H groups in total. The number of rotatable bonds is 6. The van der Waals surface area contributed by atoms with Gasteiger partial charge in [-0.3, -0.25) is 0 Å². The average molecular weight is 318 g/mol. The van der Waals surface area contributed by atoms with Crippen molar-refractivity contribution in [1.29, 1.82) is 0 Å². The molecule has 2 aromatic carbocycles. The zero-order valence-corrected chi connectivity index (χ0v) is 13.5. The minimum Gasteiger partial charge on any atom is -0.478 e. The van der Waals surface area contributed by atoms with Gasteiger partial charge in [0.05, 0.1) is 5.56 Å². The van der Waals surface area contributed by atoms with Gasteiger partial charge < -0.3 is 10.0 Å². The van der Waals surface area contributed by atoms with Crippen LogP contribution < -0.4 is 4.90 Å². The first-order chi connectivity index (χ1) is 10.5. The Hall–Kier alpha value is -2.00. The van der Waals surface area contributed by atoms with Crippen LogP contribution in [0, 0.1) is 0 Å². The predicted molar refractivity (Wildman–Crippen MR) is 90.7 cm³/mol. The lowest BCUT2D eigenvalue weighted by molar-refractivity contribution is 0.0697. The first-order valence-electron chi connectivity index (χ1n) is 7.25. The Morgan fingerprint density at radius 3 is 2.36 bits per heavy atom. The summed E-state index contributed by atoms with van der Waals surface area (Å²) in [5, 5.41) is 9.28. The molecule has 0 spiro atoms. The van der Waals surface area contributed by atoms with Crippen molar-refractivity contribution in [2.75, 3.05) is 4.90 Å². The highest BCUT2D eigenvalue weighted by Crippen LogP contribution is 2.24. The van der Waals surface area contributed by atoms with Crippen molar-refractivity contribution in [3.05, 3.63) is 65.2 Å². The fraction of sp³-hybridized carbons (Fsp3) is 0.278. The third kappa shape index (κ3) is 4.01. The van der Waals surface area contributed by atoms with Gasteiger partial charge in [-0.1, -0.05) is 30.3 Å². The van der Waals surface area contributed by atoms with Gasteiger partial charge in [0, 0.05) is 24.2 Å². The van der Waals surface area contributed by atoms with Crippen molar-refractivity contribution in [3.63, 3.8) is 0 Å². The third-order valence-corrected chi connectivity index (χ3v) is 3.84.